The summed E-state index contributed by atoms with van der Waals surface area (Å²) in [5.74, 6) is 0.219. The Labute approximate surface area is 107 Å². The van der Waals surface area contributed by atoms with Gasteiger partial charge in [0.05, 0.1) is 7.11 Å². The van der Waals surface area contributed by atoms with E-state index in [4.69, 9.17) is 4.74 Å². The van der Waals surface area contributed by atoms with Gasteiger partial charge >= 0.3 is 0 Å². The second-order valence-electron chi connectivity index (χ2n) is 5.12. The Kier molecular flexibility index (Phi) is 4.48. The normalized spacial score (nSPS) is 10.9. The Morgan fingerprint density at radius 3 is 2.56 bits per heavy atom. The first-order valence-electron chi connectivity index (χ1n) is 5.79. The molecule has 0 saturated carbocycles. The van der Waals surface area contributed by atoms with Crippen LogP contribution >= 0.6 is 0 Å². The third kappa shape index (κ3) is 3.58. The summed E-state index contributed by atoms with van der Waals surface area (Å²) in [6.07, 6.45) is 0.272. The van der Waals surface area contributed by atoms with E-state index in [1.165, 1.54) is 0 Å². The van der Waals surface area contributed by atoms with Gasteiger partial charge < -0.3 is 10.1 Å². The highest BCUT2D eigenvalue weighted by atomic mass is 16.5. The highest BCUT2D eigenvalue weighted by molar-refractivity contribution is 6.23. The Morgan fingerprint density at radius 1 is 1.39 bits per heavy atom. The van der Waals surface area contributed by atoms with Gasteiger partial charge in [0.15, 0.2) is 0 Å². The molecule has 0 heterocycles. The van der Waals surface area contributed by atoms with E-state index in [0.717, 1.165) is 16.9 Å². The van der Waals surface area contributed by atoms with Gasteiger partial charge in [0.25, 0.3) is 5.91 Å². The summed E-state index contributed by atoms with van der Waals surface area (Å²) >= 11 is 0. The Balaban J connectivity index is 2.96. The van der Waals surface area contributed by atoms with Gasteiger partial charge in [-0.25, -0.2) is 0 Å². The zero-order valence-corrected chi connectivity index (χ0v) is 11.2. The predicted molar refractivity (Wildman–Crippen MR) is 69.6 cm³/mol. The van der Waals surface area contributed by atoms with Crippen molar-refractivity contribution in [3.8, 4) is 5.75 Å². The van der Waals surface area contributed by atoms with Gasteiger partial charge in [-0.1, -0.05) is 26.8 Å². The summed E-state index contributed by atoms with van der Waals surface area (Å²) in [5.41, 5.74) is 1.97. The van der Waals surface area contributed by atoms with Crippen LogP contribution in [0.3, 0.4) is 0 Å². The summed E-state index contributed by atoms with van der Waals surface area (Å²) in [7, 11) is 1.64. The number of carbonyl (C=O) groups is 2. The first-order chi connectivity index (χ1) is 8.38. The number of amides is 1. The van der Waals surface area contributed by atoms with E-state index in [1.807, 2.05) is 18.2 Å². The minimum Gasteiger partial charge on any atom is -0.496 e. The van der Waals surface area contributed by atoms with Crippen LogP contribution < -0.4 is 10.1 Å². The predicted octanol–water partition coefficient (Wildman–Crippen LogP) is 1.81. The molecule has 0 radical (unpaired) electrons. The van der Waals surface area contributed by atoms with Crippen molar-refractivity contribution in [3.63, 3.8) is 0 Å². The fraction of sp³-hybridized carbons (Fsp3) is 0.429. The average Bonchev–Trinajstić information content (AvgIpc) is 2.34. The molecule has 1 amide bonds. The molecular weight excluding hydrogens is 230 g/mol. The van der Waals surface area contributed by atoms with Crippen molar-refractivity contribution in [2.24, 2.45) is 0 Å². The van der Waals surface area contributed by atoms with Crippen LogP contribution in [0.2, 0.25) is 0 Å². The molecule has 1 N–H and O–H groups in total. The van der Waals surface area contributed by atoms with Gasteiger partial charge in [0.1, 0.15) is 5.75 Å². The maximum absolute atomic E-state index is 10.9. The summed E-state index contributed by atoms with van der Waals surface area (Å²) in [6, 6.07) is 5.74. The number of benzene rings is 1. The van der Waals surface area contributed by atoms with Crippen molar-refractivity contribution < 1.29 is 14.3 Å². The smallest absolute Gasteiger partial charge is 0.284 e. The van der Waals surface area contributed by atoms with E-state index in [1.54, 1.807) is 7.11 Å². The van der Waals surface area contributed by atoms with E-state index in [9.17, 15) is 9.59 Å². The van der Waals surface area contributed by atoms with Crippen molar-refractivity contribution in [1.29, 1.82) is 0 Å². The van der Waals surface area contributed by atoms with Crippen LogP contribution in [0.5, 0.6) is 5.75 Å². The average molecular weight is 249 g/mol. The molecule has 0 unspecified atom stereocenters. The molecule has 4 heteroatoms. The minimum atomic E-state index is -0.608. The Hall–Kier alpha value is -1.84. The molecule has 0 aliphatic carbocycles. The van der Waals surface area contributed by atoms with Crippen LogP contribution in [0.4, 0.5) is 0 Å². The molecule has 0 fully saturated rings. The second-order valence-corrected chi connectivity index (χ2v) is 5.12. The molecule has 0 aliphatic rings. The lowest BCUT2D eigenvalue weighted by molar-refractivity contribution is -0.131. The number of aldehydes is 1. The van der Waals surface area contributed by atoms with Gasteiger partial charge in [-0.15, -0.1) is 0 Å². The minimum absolute atomic E-state index is 0.0456. The quantitative estimate of drug-likeness (QED) is 0.654. The van der Waals surface area contributed by atoms with Crippen LogP contribution in [0, 0.1) is 0 Å². The largest absolute Gasteiger partial charge is 0.496 e. The van der Waals surface area contributed by atoms with Gasteiger partial charge in [0, 0.05) is 6.54 Å². The molecule has 1 aromatic rings. The number of carbonyl (C=O) groups excluding carboxylic acids is 2. The monoisotopic (exact) mass is 249 g/mol. The molecular formula is C14H19NO3. The highest BCUT2D eigenvalue weighted by Gasteiger charge is 2.19. The van der Waals surface area contributed by atoms with E-state index in [0.29, 0.717) is 6.54 Å². The van der Waals surface area contributed by atoms with Crippen LogP contribution in [-0.4, -0.2) is 19.3 Å². The Bertz CT molecular complexity index is 447. The van der Waals surface area contributed by atoms with Crippen LogP contribution in [-0.2, 0) is 21.5 Å². The molecule has 1 aromatic carbocycles. The van der Waals surface area contributed by atoms with E-state index in [-0.39, 0.29) is 11.7 Å². The van der Waals surface area contributed by atoms with Crippen LogP contribution in [0.15, 0.2) is 18.2 Å². The van der Waals surface area contributed by atoms with Crippen molar-refractivity contribution in [1.82, 2.24) is 5.32 Å². The second kappa shape index (κ2) is 5.67. The molecule has 0 spiro atoms. The molecule has 0 atom stereocenters. The van der Waals surface area contributed by atoms with Gasteiger partial charge in [0.2, 0.25) is 6.29 Å². The number of ether oxygens (including phenoxy) is 1. The van der Waals surface area contributed by atoms with E-state index in [2.05, 4.69) is 26.1 Å². The molecule has 0 bridgehead atoms. The van der Waals surface area contributed by atoms with Gasteiger partial charge in [-0.05, 0) is 28.7 Å². The standard InChI is InChI=1S/C14H19NO3/c1-14(2,3)11-7-10(5-6-12(11)18-4)8-15-13(17)9-16/h5-7,9H,8H2,1-4H3,(H,15,17). The number of hydrogen-bond acceptors (Lipinski definition) is 3. The molecule has 98 valence electrons. The van der Waals surface area contributed by atoms with Crippen LogP contribution in [0.1, 0.15) is 31.9 Å². The molecule has 4 nitrogen and oxygen atoms in total. The summed E-state index contributed by atoms with van der Waals surface area (Å²) < 4.78 is 5.33. The number of methoxy groups -OCH3 is 1. The molecule has 0 aromatic heterocycles. The zero-order chi connectivity index (χ0) is 13.8. The third-order valence-electron chi connectivity index (χ3n) is 2.65. The van der Waals surface area contributed by atoms with E-state index >= 15 is 0 Å². The number of hydrogen-bond donors (Lipinski definition) is 1. The lowest BCUT2D eigenvalue weighted by Gasteiger charge is -2.23. The molecule has 1 rings (SSSR count). The summed E-state index contributed by atoms with van der Waals surface area (Å²) in [4.78, 5) is 21.1. The number of nitrogens with one attached hydrogen (secondary N) is 1. The molecule has 0 aliphatic heterocycles. The Morgan fingerprint density at radius 2 is 2.06 bits per heavy atom. The molecule has 0 saturated heterocycles. The lowest BCUT2D eigenvalue weighted by Crippen LogP contribution is -2.23. The van der Waals surface area contributed by atoms with Crippen molar-refractivity contribution in [2.75, 3.05) is 7.11 Å². The third-order valence-corrected chi connectivity index (χ3v) is 2.65. The van der Waals surface area contributed by atoms with Crippen molar-refractivity contribution in [2.45, 2.75) is 32.7 Å². The summed E-state index contributed by atoms with van der Waals surface area (Å²) in [6.45, 7) is 6.63. The first-order valence-corrected chi connectivity index (χ1v) is 5.79. The van der Waals surface area contributed by atoms with Crippen LogP contribution in [0.25, 0.3) is 0 Å². The lowest BCUT2D eigenvalue weighted by atomic mass is 9.85. The summed E-state index contributed by atoms with van der Waals surface area (Å²) in [5, 5.41) is 2.52. The SMILES string of the molecule is COc1ccc(CNC(=O)C=O)cc1C(C)(C)C. The number of rotatable bonds is 4. The molecule has 18 heavy (non-hydrogen) atoms. The zero-order valence-electron chi connectivity index (χ0n) is 11.2. The maximum Gasteiger partial charge on any atom is 0.284 e. The van der Waals surface area contributed by atoms with Crippen molar-refractivity contribution >= 4 is 12.2 Å². The van der Waals surface area contributed by atoms with Crippen molar-refractivity contribution in [3.05, 3.63) is 29.3 Å². The first kappa shape index (κ1) is 14.2. The highest BCUT2D eigenvalue weighted by Crippen LogP contribution is 2.31. The van der Waals surface area contributed by atoms with E-state index < -0.39 is 5.91 Å². The maximum atomic E-state index is 10.9. The fourth-order valence-corrected chi connectivity index (χ4v) is 1.68. The van der Waals surface area contributed by atoms with Gasteiger partial charge in [-0.3, -0.25) is 9.59 Å². The van der Waals surface area contributed by atoms with Gasteiger partial charge in [-0.2, -0.15) is 0 Å². The topological polar surface area (TPSA) is 55.4 Å². The fourth-order valence-electron chi connectivity index (χ4n) is 1.68.